The van der Waals surface area contributed by atoms with Gasteiger partial charge in [-0.25, -0.2) is 0 Å². The van der Waals surface area contributed by atoms with Crippen LogP contribution in [0.2, 0.25) is 0 Å². The first-order valence-electron chi connectivity index (χ1n) is 6.45. The number of H-pyrrole nitrogens is 1. The Morgan fingerprint density at radius 2 is 1.90 bits per heavy atom. The summed E-state index contributed by atoms with van der Waals surface area (Å²) in [6, 6.07) is 7.16. The van der Waals surface area contributed by atoms with Crippen molar-refractivity contribution in [1.29, 1.82) is 0 Å². The molecule has 0 bridgehead atoms. The lowest BCUT2D eigenvalue weighted by atomic mass is 9.89. The summed E-state index contributed by atoms with van der Waals surface area (Å²) in [6.07, 6.45) is 0.813. The van der Waals surface area contributed by atoms with Crippen molar-refractivity contribution in [2.75, 3.05) is 0 Å². The number of rotatable bonds is 3. The molecule has 4 nitrogen and oxygen atoms in total. The number of hydrogen-bond donors (Lipinski definition) is 2. The fourth-order valence-corrected chi connectivity index (χ4v) is 2.09. The number of hydrogen-bond acceptors (Lipinski definition) is 3. The molecule has 0 saturated carbocycles. The van der Waals surface area contributed by atoms with Gasteiger partial charge in [-0.15, -0.1) is 0 Å². The number of benzene rings is 1. The first-order valence-corrected chi connectivity index (χ1v) is 7.24. The minimum Gasteiger partial charge on any atom is -0.493 e. The molecule has 0 aliphatic carbocycles. The molecule has 0 fully saturated rings. The summed E-state index contributed by atoms with van der Waals surface area (Å²) in [4.78, 5) is 19.2. The van der Waals surface area contributed by atoms with Gasteiger partial charge in [-0.1, -0.05) is 48.8 Å². The largest absolute Gasteiger partial charge is 0.493 e. The Labute approximate surface area is 126 Å². The van der Waals surface area contributed by atoms with Crippen LogP contribution in [0.15, 0.2) is 33.5 Å². The zero-order valence-corrected chi connectivity index (χ0v) is 13.3. The van der Waals surface area contributed by atoms with E-state index in [0.29, 0.717) is 11.4 Å². The average molecular weight is 337 g/mol. The van der Waals surface area contributed by atoms with Crippen LogP contribution in [0.4, 0.5) is 0 Å². The molecule has 0 unspecified atom stereocenters. The van der Waals surface area contributed by atoms with Crippen LogP contribution in [0.1, 0.15) is 33.0 Å². The molecule has 106 valence electrons. The average Bonchev–Trinajstić information content (AvgIpc) is 2.40. The summed E-state index contributed by atoms with van der Waals surface area (Å²) in [6.45, 7) is 5.97. The Hall–Kier alpha value is -1.62. The minimum atomic E-state index is -0.323. The standard InChI is InChI=1S/C15H17BrN2O2/c1-4-15(2,3)14-17-12(19)11(13(20)18-14)9-5-7-10(16)8-6-9/h5-8H,4H2,1-3H3,(H2,17,18,19,20). The molecule has 0 atom stereocenters. The van der Waals surface area contributed by atoms with Crippen molar-refractivity contribution in [2.24, 2.45) is 0 Å². The van der Waals surface area contributed by atoms with Gasteiger partial charge in [0.05, 0.1) is 0 Å². The fraction of sp³-hybridized carbons (Fsp3) is 0.333. The third-order valence-corrected chi connectivity index (χ3v) is 4.09. The molecule has 0 spiro atoms. The number of aromatic hydroxyl groups is 1. The predicted octanol–water partition coefficient (Wildman–Crippen LogP) is 3.59. The molecule has 5 heteroatoms. The maximum absolute atomic E-state index is 12.2. The molecule has 0 amide bonds. The van der Waals surface area contributed by atoms with Crippen LogP contribution < -0.4 is 5.56 Å². The van der Waals surface area contributed by atoms with Crippen LogP contribution >= 0.6 is 15.9 Å². The van der Waals surface area contributed by atoms with E-state index in [1.165, 1.54) is 0 Å². The van der Waals surface area contributed by atoms with Crippen LogP contribution in [-0.2, 0) is 5.41 Å². The van der Waals surface area contributed by atoms with Crippen molar-refractivity contribution >= 4 is 15.9 Å². The summed E-state index contributed by atoms with van der Waals surface area (Å²) in [5.41, 5.74) is 0.235. The van der Waals surface area contributed by atoms with Gasteiger partial charge >= 0.3 is 0 Å². The maximum atomic E-state index is 12.2. The summed E-state index contributed by atoms with van der Waals surface area (Å²) >= 11 is 3.34. The van der Waals surface area contributed by atoms with Gasteiger partial charge in [-0.2, -0.15) is 4.98 Å². The van der Waals surface area contributed by atoms with E-state index in [2.05, 4.69) is 25.9 Å². The van der Waals surface area contributed by atoms with Gasteiger partial charge < -0.3 is 10.1 Å². The molecule has 0 saturated heterocycles. The maximum Gasteiger partial charge on any atom is 0.262 e. The first-order chi connectivity index (χ1) is 9.35. The first kappa shape index (κ1) is 14.8. The Kier molecular flexibility index (Phi) is 3.99. The molecule has 2 N–H and O–H groups in total. The number of halogens is 1. The van der Waals surface area contributed by atoms with Crippen molar-refractivity contribution < 1.29 is 5.11 Å². The van der Waals surface area contributed by atoms with E-state index in [9.17, 15) is 9.90 Å². The lowest BCUT2D eigenvalue weighted by Gasteiger charge is -2.21. The quantitative estimate of drug-likeness (QED) is 0.899. The molecule has 20 heavy (non-hydrogen) atoms. The van der Waals surface area contributed by atoms with Crippen molar-refractivity contribution in [3.05, 3.63) is 44.9 Å². The van der Waals surface area contributed by atoms with Crippen LogP contribution in [0.5, 0.6) is 5.88 Å². The lowest BCUT2D eigenvalue weighted by molar-refractivity contribution is 0.422. The zero-order valence-electron chi connectivity index (χ0n) is 11.7. The van der Waals surface area contributed by atoms with Crippen molar-refractivity contribution in [3.63, 3.8) is 0 Å². The van der Waals surface area contributed by atoms with E-state index in [1.807, 2.05) is 32.9 Å². The van der Waals surface area contributed by atoms with Crippen LogP contribution in [0.3, 0.4) is 0 Å². The normalized spacial score (nSPS) is 11.6. The summed E-state index contributed by atoms with van der Waals surface area (Å²) in [5.74, 6) is 0.274. The summed E-state index contributed by atoms with van der Waals surface area (Å²) < 4.78 is 0.911. The van der Waals surface area contributed by atoms with E-state index >= 15 is 0 Å². The molecular weight excluding hydrogens is 320 g/mol. The number of aromatic amines is 1. The van der Waals surface area contributed by atoms with Gasteiger partial charge in [-0.3, -0.25) is 4.79 Å². The van der Waals surface area contributed by atoms with Crippen LogP contribution in [-0.4, -0.2) is 15.1 Å². The predicted molar refractivity (Wildman–Crippen MR) is 83.0 cm³/mol. The number of aromatic nitrogens is 2. The number of nitrogens with zero attached hydrogens (tertiary/aromatic N) is 1. The van der Waals surface area contributed by atoms with Gasteiger partial charge in [0.15, 0.2) is 0 Å². The molecule has 2 aromatic rings. The Morgan fingerprint density at radius 1 is 1.30 bits per heavy atom. The highest BCUT2D eigenvalue weighted by atomic mass is 79.9. The Morgan fingerprint density at radius 3 is 2.40 bits per heavy atom. The molecule has 1 aromatic carbocycles. The number of nitrogens with one attached hydrogen (secondary N) is 1. The SMILES string of the molecule is CCC(C)(C)c1nc(O)c(-c2ccc(Br)cc2)c(=O)[nH]1. The van der Waals surface area contributed by atoms with Crippen molar-refractivity contribution in [3.8, 4) is 17.0 Å². The van der Waals surface area contributed by atoms with Gasteiger partial charge in [0, 0.05) is 9.89 Å². The van der Waals surface area contributed by atoms with Crippen molar-refractivity contribution in [1.82, 2.24) is 9.97 Å². The third kappa shape index (κ3) is 2.77. The summed E-state index contributed by atoms with van der Waals surface area (Å²) in [7, 11) is 0. The van der Waals surface area contributed by atoms with Gasteiger partial charge in [0.25, 0.3) is 5.56 Å². The lowest BCUT2D eigenvalue weighted by Crippen LogP contribution is -2.25. The smallest absolute Gasteiger partial charge is 0.262 e. The minimum absolute atomic E-state index is 0.202. The summed E-state index contributed by atoms with van der Waals surface area (Å²) in [5, 5.41) is 10.1. The Balaban J connectivity index is 2.58. The highest BCUT2D eigenvalue weighted by Gasteiger charge is 2.24. The molecule has 0 aliphatic heterocycles. The van der Waals surface area contributed by atoms with Crippen LogP contribution in [0.25, 0.3) is 11.1 Å². The fourth-order valence-electron chi connectivity index (χ4n) is 1.83. The molecule has 2 rings (SSSR count). The molecular formula is C15H17BrN2O2. The molecule has 1 heterocycles. The van der Waals surface area contributed by atoms with E-state index in [-0.39, 0.29) is 22.4 Å². The zero-order chi connectivity index (χ0) is 14.9. The third-order valence-electron chi connectivity index (χ3n) is 3.56. The Bertz CT molecular complexity index is 675. The van der Waals surface area contributed by atoms with E-state index in [1.54, 1.807) is 12.1 Å². The second-order valence-electron chi connectivity index (χ2n) is 5.36. The van der Waals surface area contributed by atoms with E-state index < -0.39 is 0 Å². The molecule has 1 aromatic heterocycles. The van der Waals surface area contributed by atoms with E-state index in [4.69, 9.17) is 0 Å². The van der Waals surface area contributed by atoms with E-state index in [0.717, 1.165) is 10.9 Å². The second-order valence-corrected chi connectivity index (χ2v) is 6.27. The molecule has 0 radical (unpaired) electrons. The van der Waals surface area contributed by atoms with Gasteiger partial charge in [0.1, 0.15) is 11.4 Å². The van der Waals surface area contributed by atoms with Gasteiger partial charge in [0.2, 0.25) is 5.88 Å². The highest BCUT2D eigenvalue weighted by molar-refractivity contribution is 9.10. The molecule has 0 aliphatic rings. The van der Waals surface area contributed by atoms with Crippen LogP contribution in [0, 0.1) is 0 Å². The topological polar surface area (TPSA) is 66.0 Å². The van der Waals surface area contributed by atoms with Crippen molar-refractivity contribution in [2.45, 2.75) is 32.6 Å². The van der Waals surface area contributed by atoms with Gasteiger partial charge in [-0.05, 0) is 24.1 Å². The monoisotopic (exact) mass is 336 g/mol. The second kappa shape index (κ2) is 5.40. The highest BCUT2D eigenvalue weighted by Crippen LogP contribution is 2.28.